The Balaban J connectivity index is 0. The van der Waals surface area contributed by atoms with Crippen molar-refractivity contribution in [2.24, 2.45) is 0 Å². The van der Waals surface area contributed by atoms with Gasteiger partial charge in [0.15, 0.2) is 0 Å². The van der Waals surface area contributed by atoms with Crippen LogP contribution in [0.5, 0.6) is 0 Å². The summed E-state index contributed by atoms with van der Waals surface area (Å²) in [4.78, 5) is 0. The van der Waals surface area contributed by atoms with Crippen LogP contribution < -0.4 is 56.6 Å². The van der Waals surface area contributed by atoms with Gasteiger partial charge in [0.2, 0.25) is 0 Å². The van der Waals surface area contributed by atoms with Crippen LogP contribution in [0.1, 0.15) is 4.28 Å². The quantitative estimate of drug-likeness (QED) is 0.268. The minimum Gasteiger partial charge on any atom is -1.00 e. The molecule has 0 spiro atoms. The summed E-state index contributed by atoms with van der Waals surface area (Å²) in [6.45, 7) is 0. The predicted octanol–water partition coefficient (Wildman–Crippen LogP) is -8.07. The van der Waals surface area contributed by atoms with E-state index in [0.29, 0.717) is 0 Å². The van der Waals surface area contributed by atoms with Crippen LogP contribution in [0, 0.1) is 0 Å². The fourth-order valence-electron chi connectivity index (χ4n) is 0. The van der Waals surface area contributed by atoms with Crippen LogP contribution in [-0.4, -0.2) is 0 Å². The van der Waals surface area contributed by atoms with Gasteiger partial charge < -0.3 is 4.28 Å². The van der Waals surface area contributed by atoms with E-state index in [-0.39, 0.29) is 77.8 Å². The van der Waals surface area contributed by atoms with Crippen LogP contribution >= 0.6 is 17.0 Å². The molecule has 0 saturated carbocycles. The first-order valence-electron chi connectivity index (χ1n) is 0. The Bertz CT molecular complexity index is 10.1. The zero-order valence-corrected chi connectivity index (χ0v) is 5.12. The van der Waals surface area contributed by atoms with Crippen molar-refractivity contribution < 1.29 is 60.9 Å². The maximum atomic E-state index is 0. The fraction of sp³-hybridized carbons (Fsp3) is 0. The molecule has 0 aliphatic rings. The number of rotatable bonds is 0. The maximum Gasteiger partial charge on any atom is 1.00 e. The fourth-order valence-corrected chi connectivity index (χ4v) is 0. The molecule has 4 heavy (non-hydrogen) atoms. The Hall–Kier alpha value is 2.27. The molecule has 0 aromatic carbocycles. The average Bonchev–Trinajstić information content (AvgIpc) is 0. The Morgan fingerprint density at radius 2 is 0.750 bits per heavy atom. The number of hydrogen-bond acceptors (Lipinski definition) is 0. The normalized spacial score (nSPS) is 0. The van der Waals surface area contributed by atoms with Gasteiger partial charge >= 0.3 is 56.6 Å². The van der Waals surface area contributed by atoms with E-state index in [1.54, 1.807) is 0 Å². The molecular weight excluding hydrogens is 101 g/mol. The molecule has 0 aliphatic carbocycles. The van der Waals surface area contributed by atoms with Gasteiger partial charge in [-0.2, -0.15) is 0 Å². The molecule has 0 radical (unpaired) electrons. The van der Waals surface area contributed by atoms with Crippen LogP contribution in [-0.2, 0) is 0 Å². The van der Waals surface area contributed by atoms with Gasteiger partial charge in [-0.25, -0.2) is 0 Å². The summed E-state index contributed by atoms with van der Waals surface area (Å²) in [5, 5.41) is 0. The van der Waals surface area contributed by atoms with E-state index in [1.807, 2.05) is 0 Å². The average molecular weight is 105 g/mol. The SMILES string of the molecule is Br.[H-].[H-].[H-].[Li+].[Li+].[Li+]. The van der Waals surface area contributed by atoms with Crippen LogP contribution in [0.15, 0.2) is 0 Å². The smallest absolute Gasteiger partial charge is 1.00 e. The summed E-state index contributed by atoms with van der Waals surface area (Å²) in [6.07, 6.45) is 0. The van der Waals surface area contributed by atoms with E-state index in [2.05, 4.69) is 0 Å². The van der Waals surface area contributed by atoms with Gasteiger partial charge in [-0.1, -0.05) is 0 Å². The van der Waals surface area contributed by atoms with Gasteiger partial charge in [0.05, 0.1) is 0 Å². The third-order valence-electron chi connectivity index (χ3n) is 0. The topological polar surface area (TPSA) is 0 Å². The first-order chi connectivity index (χ1) is 0. The van der Waals surface area contributed by atoms with E-state index in [1.165, 1.54) is 0 Å². The first-order valence-corrected chi connectivity index (χ1v) is 0. The molecule has 0 atom stereocenters. The van der Waals surface area contributed by atoms with E-state index in [4.69, 9.17) is 0 Å². The Morgan fingerprint density at radius 3 is 0.750 bits per heavy atom. The molecule has 14 valence electrons. The van der Waals surface area contributed by atoms with Crippen LogP contribution in [0.25, 0.3) is 0 Å². The van der Waals surface area contributed by atoms with Gasteiger partial charge in [-0.3, -0.25) is 0 Å². The van der Waals surface area contributed by atoms with Crippen molar-refractivity contribution in [2.45, 2.75) is 0 Å². The van der Waals surface area contributed by atoms with E-state index in [9.17, 15) is 0 Å². The van der Waals surface area contributed by atoms with Crippen LogP contribution in [0.2, 0.25) is 0 Å². The summed E-state index contributed by atoms with van der Waals surface area (Å²) in [7, 11) is 0. The van der Waals surface area contributed by atoms with Crippen molar-refractivity contribution in [2.75, 3.05) is 0 Å². The zero-order valence-electron chi connectivity index (χ0n) is 6.41. The van der Waals surface area contributed by atoms with Crippen molar-refractivity contribution in [1.82, 2.24) is 0 Å². The molecule has 0 saturated heterocycles. The Kier molecular flexibility index (Phi) is 157. The molecule has 0 amide bonds. The molecule has 0 aliphatic heterocycles. The standard InChI is InChI=1S/BrH.3Li.3H/h1H;;;;;;/q;3*+1;3*-1. The molecule has 0 bridgehead atoms. The van der Waals surface area contributed by atoms with Crippen molar-refractivity contribution in [3.8, 4) is 0 Å². The van der Waals surface area contributed by atoms with Crippen molar-refractivity contribution in [1.29, 1.82) is 0 Å². The summed E-state index contributed by atoms with van der Waals surface area (Å²) in [5.41, 5.74) is 0. The van der Waals surface area contributed by atoms with E-state index < -0.39 is 0 Å². The van der Waals surface area contributed by atoms with Gasteiger partial charge in [0.25, 0.3) is 0 Å². The molecule has 0 heterocycles. The molecule has 0 aromatic rings. The summed E-state index contributed by atoms with van der Waals surface area (Å²) in [5.74, 6) is 0. The summed E-state index contributed by atoms with van der Waals surface area (Å²) in [6, 6.07) is 0. The van der Waals surface area contributed by atoms with E-state index >= 15 is 0 Å². The number of halogens is 1. The van der Waals surface area contributed by atoms with Gasteiger partial charge in [-0.15, -0.1) is 17.0 Å². The zero-order chi connectivity index (χ0) is 0. The molecular formula is H4BrLi3. The van der Waals surface area contributed by atoms with Crippen molar-refractivity contribution >= 4 is 17.0 Å². The molecule has 0 nitrogen and oxygen atoms in total. The molecule has 0 rings (SSSR count). The predicted molar refractivity (Wildman–Crippen MR) is 13.7 cm³/mol. The molecule has 0 aromatic heterocycles. The largest absolute Gasteiger partial charge is 1.00 e. The van der Waals surface area contributed by atoms with Crippen molar-refractivity contribution in [3.05, 3.63) is 0 Å². The van der Waals surface area contributed by atoms with Gasteiger partial charge in [0.1, 0.15) is 0 Å². The summed E-state index contributed by atoms with van der Waals surface area (Å²) >= 11 is 0. The van der Waals surface area contributed by atoms with Gasteiger partial charge in [-0.05, 0) is 0 Å². The molecule has 0 fully saturated rings. The van der Waals surface area contributed by atoms with Crippen molar-refractivity contribution in [3.63, 3.8) is 0 Å². The second kappa shape index (κ2) is 18.6. The maximum absolute atomic E-state index is 0. The Morgan fingerprint density at radius 1 is 0.750 bits per heavy atom. The summed E-state index contributed by atoms with van der Waals surface area (Å²) < 4.78 is 0. The van der Waals surface area contributed by atoms with Crippen LogP contribution in [0.3, 0.4) is 0 Å². The third kappa shape index (κ3) is 8.86. The third-order valence-corrected chi connectivity index (χ3v) is 0. The molecule has 4 heteroatoms. The minimum absolute atomic E-state index is 0. The second-order valence-corrected chi connectivity index (χ2v) is 0. The number of hydrogen-bond donors (Lipinski definition) is 0. The minimum atomic E-state index is 0. The molecule has 0 N–H and O–H groups in total. The second-order valence-electron chi connectivity index (χ2n) is 0. The first kappa shape index (κ1) is 33.8. The van der Waals surface area contributed by atoms with Gasteiger partial charge in [0, 0.05) is 0 Å². The Labute approximate surface area is 77.2 Å². The molecule has 0 unspecified atom stereocenters. The van der Waals surface area contributed by atoms with E-state index in [0.717, 1.165) is 0 Å². The monoisotopic (exact) mass is 104 g/mol. The van der Waals surface area contributed by atoms with Crippen LogP contribution in [0.4, 0.5) is 0 Å².